The van der Waals surface area contributed by atoms with Gasteiger partial charge in [-0.2, -0.15) is 0 Å². The minimum absolute atomic E-state index is 0.0303. The van der Waals surface area contributed by atoms with Gasteiger partial charge in [-0.15, -0.1) is 0 Å². The molecule has 2 saturated heterocycles. The van der Waals surface area contributed by atoms with Crippen molar-refractivity contribution in [3.8, 4) is 5.75 Å². The van der Waals surface area contributed by atoms with Crippen molar-refractivity contribution in [2.75, 3.05) is 46.0 Å². The summed E-state index contributed by atoms with van der Waals surface area (Å²) in [5, 5.41) is 11.4. The lowest BCUT2D eigenvalue weighted by molar-refractivity contribution is -0.140. The molecule has 0 radical (unpaired) electrons. The Kier molecular flexibility index (Phi) is 8.90. The zero-order valence-electron chi connectivity index (χ0n) is 23.0. The third-order valence-corrected chi connectivity index (χ3v) is 7.19. The molecule has 0 aromatic heterocycles. The number of ether oxygens (including phenoxy) is 2. The summed E-state index contributed by atoms with van der Waals surface area (Å²) in [6.07, 6.45) is 1.58. The van der Waals surface area contributed by atoms with Crippen LogP contribution >= 0.6 is 0 Å². The van der Waals surface area contributed by atoms with Crippen LogP contribution in [0.1, 0.15) is 63.3 Å². The van der Waals surface area contributed by atoms with Gasteiger partial charge in [0.15, 0.2) is 0 Å². The Morgan fingerprint density at radius 1 is 1.05 bits per heavy atom. The topological polar surface area (TPSA) is 79.3 Å². The molecule has 2 aliphatic rings. The number of nitrogens with zero attached hydrogens (tertiary/aromatic N) is 2. The van der Waals surface area contributed by atoms with Crippen LogP contribution in [0.15, 0.2) is 54.1 Å². The normalized spacial score (nSPS) is 20.2. The molecule has 7 nitrogen and oxygen atoms in total. The summed E-state index contributed by atoms with van der Waals surface area (Å²) >= 11 is 0. The zero-order valence-corrected chi connectivity index (χ0v) is 23.0. The predicted molar refractivity (Wildman–Crippen MR) is 148 cm³/mol. The van der Waals surface area contributed by atoms with Gasteiger partial charge in [-0.25, -0.2) is 0 Å². The number of morpholine rings is 1. The summed E-state index contributed by atoms with van der Waals surface area (Å²) in [6, 6.07) is 14.4. The lowest BCUT2D eigenvalue weighted by atomic mass is 9.85. The highest BCUT2D eigenvalue weighted by Crippen LogP contribution is 2.40. The van der Waals surface area contributed by atoms with Crippen molar-refractivity contribution in [1.82, 2.24) is 9.80 Å². The number of hydrogen-bond acceptors (Lipinski definition) is 6. The summed E-state index contributed by atoms with van der Waals surface area (Å²) < 4.78 is 11.2. The molecule has 1 unspecified atom stereocenters. The Bertz CT molecular complexity index is 1160. The van der Waals surface area contributed by atoms with Crippen LogP contribution in [0.3, 0.4) is 0 Å². The van der Waals surface area contributed by atoms with E-state index in [-0.39, 0.29) is 16.7 Å². The fourth-order valence-corrected chi connectivity index (χ4v) is 5.02. The number of ketones is 1. The number of benzene rings is 2. The largest absolute Gasteiger partial charge is 0.507 e. The first-order valence-corrected chi connectivity index (χ1v) is 13.6. The fraction of sp³-hybridized carbons (Fsp3) is 0.484. The number of carbonyl (C=O) groups is 2. The van der Waals surface area contributed by atoms with E-state index >= 15 is 0 Å². The van der Waals surface area contributed by atoms with E-state index in [0.717, 1.165) is 43.6 Å². The summed E-state index contributed by atoms with van der Waals surface area (Å²) in [5.41, 5.74) is 2.52. The van der Waals surface area contributed by atoms with Crippen molar-refractivity contribution in [1.29, 1.82) is 0 Å². The van der Waals surface area contributed by atoms with Gasteiger partial charge in [0.1, 0.15) is 11.5 Å². The summed E-state index contributed by atoms with van der Waals surface area (Å²) in [7, 11) is 0. The van der Waals surface area contributed by atoms with Crippen LogP contribution in [-0.4, -0.2) is 72.6 Å². The molecule has 38 heavy (non-hydrogen) atoms. The lowest BCUT2D eigenvalue weighted by Gasteiger charge is -2.29. The third kappa shape index (κ3) is 6.27. The van der Waals surface area contributed by atoms with Gasteiger partial charge in [0.2, 0.25) is 0 Å². The average Bonchev–Trinajstić information content (AvgIpc) is 3.17. The molecule has 0 aliphatic carbocycles. The zero-order chi connectivity index (χ0) is 27.3. The first kappa shape index (κ1) is 27.9. The van der Waals surface area contributed by atoms with Crippen molar-refractivity contribution >= 4 is 17.4 Å². The number of Topliss-reactive ketones (excluding diaryl/α,β-unsaturated/α-hetero) is 1. The van der Waals surface area contributed by atoms with E-state index in [1.807, 2.05) is 37.3 Å². The van der Waals surface area contributed by atoms with Crippen molar-refractivity contribution in [3.05, 3.63) is 70.8 Å². The number of rotatable bonds is 9. The second-order valence-electron chi connectivity index (χ2n) is 11.0. The highest BCUT2D eigenvalue weighted by molar-refractivity contribution is 6.46. The van der Waals surface area contributed by atoms with Gasteiger partial charge in [-0.05, 0) is 41.5 Å². The van der Waals surface area contributed by atoms with Gasteiger partial charge < -0.3 is 19.5 Å². The van der Waals surface area contributed by atoms with E-state index in [0.29, 0.717) is 37.7 Å². The minimum atomic E-state index is -0.658. The smallest absolute Gasteiger partial charge is 0.295 e. The van der Waals surface area contributed by atoms with Crippen LogP contribution in [0.2, 0.25) is 0 Å². The van der Waals surface area contributed by atoms with Gasteiger partial charge in [0.25, 0.3) is 11.7 Å². The molecule has 0 spiro atoms. The molecule has 4 rings (SSSR count). The number of aliphatic hydroxyl groups excluding tert-OH is 1. The van der Waals surface area contributed by atoms with Crippen molar-refractivity contribution in [3.63, 3.8) is 0 Å². The maximum atomic E-state index is 13.4. The molecule has 204 valence electrons. The second-order valence-corrected chi connectivity index (χ2v) is 11.0. The molecule has 2 aromatic carbocycles. The van der Waals surface area contributed by atoms with E-state index in [1.54, 1.807) is 23.1 Å². The van der Waals surface area contributed by atoms with Crippen LogP contribution in [0.5, 0.6) is 5.75 Å². The monoisotopic (exact) mass is 520 g/mol. The van der Waals surface area contributed by atoms with Gasteiger partial charge in [-0.1, -0.05) is 64.1 Å². The molecule has 1 amide bonds. The molecular weight excluding hydrogens is 480 g/mol. The van der Waals surface area contributed by atoms with E-state index in [1.165, 1.54) is 0 Å². The summed E-state index contributed by atoms with van der Waals surface area (Å²) in [6.45, 7) is 13.4. The second kappa shape index (κ2) is 12.1. The molecule has 2 aromatic rings. The first-order chi connectivity index (χ1) is 18.2. The maximum absolute atomic E-state index is 13.4. The van der Waals surface area contributed by atoms with Gasteiger partial charge in [0, 0.05) is 31.7 Å². The molecule has 2 fully saturated rings. The van der Waals surface area contributed by atoms with Crippen LogP contribution in [0, 0.1) is 0 Å². The van der Waals surface area contributed by atoms with Crippen molar-refractivity contribution in [2.45, 2.75) is 52.0 Å². The Hall–Kier alpha value is -3.16. The summed E-state index contributed by atoms with van der Waals surface area (Å²) in [4.78, 5) is 30.7. The van der Waals surface area contributed by atoms with Crippen LogP contribution in [0.25, 0.3) is 5.76 Å². The molecule has 1 atom stereocenters. The lowest BCUT2D eigenvalue weighted by Crippen LogP contribution is -2.39. The number of likely N-dealkylation sites (tertiary alicyclic amines) is 1. The molecule has 2 aliphatic heterocycles. The van der Waals surface area contributed by atoms with E-state index < -0.39 is 17.7 Å². The van der Waals surface area contributed by atoms with E-state index in [4.69, 9.17) is 9.47 Å². The first-order valence-electron chi connectivity index (χ1n) is 13.6. The number of hydrogen-bond donors (Lipinski definition) is 1. The highest BCUT2D eigenvalue weighted by Gasteiger charge is 2.46. The molecular formula is C31H40N2O5. The van der Waals surface area contributed by atoms with Crippen molar-refractivity contribution in [2.24, 2.45) is 0 Å². The SMILES string of the molecule is CCCOc1cccc(C(O)=C2C(=O)C(=O)N(CCCN3CCOCC3)C2c2ccc(C(C)(C)C)cc2)c1. The minimum Gasteiger partial charge on any atom is -0.507 e. The molecule has 2 heterocycles. The molecule has 0 saturated carbocycles. The Morgan fingerprint density at radius 3 is 2.42 bits per heavy atom. The average molecular weight is 521 g/mol. The Labute approximate surface area is 226 Å². The van der Waals surface area contributed by atoms with E-state index in [9.17, 15) is 14.7 Å². The highest BCUT2D eigenvalue weighted by atomic mass is 16.5. The van der Waals surface area contributed by atoms with Gasteiger partial charge >= 0.3 is 0 Å². The van der Waals surface area contributed by atoms with Gasteiger partial charge in [0.05, 0.1) is 31.4 Å². The third-order valence-electron chi connectivity index (χ3n) is 7.19. The molecule has 0 bridgehead atoms. The Balaban J connectivity index is 1.69. The van der Waals surface area contributed by atoms with Crippen molar-refractivity contribution < 1.29 is 24.2 Å². The summed E-state index contributed by atoms with van der Waals surface area (Å²) in [5.74, 6) is -0.789. The number of carbonyl (C=O) groups excluding carboxylic acids is 2. The molecule has 1 N–H and O–H groups in total. The van der Waals surface area contributed by atoms with Crippen LogP contribution < -0.4 is 4.74 Å². The van der Waals surface area contributed by atoms with Gasteiger partial charge in [-0.3, -0.25) is 14.5 Å². The number of amides is 1. The Morgan fingerprint density at radius 2 is 1.76 bits per heavy atom. The molecule has 7 heteroatoms. The number of aliphatic hydroxyl groups is 1. The standard InChI is InChI=1S/C31H40N2O5/c1-5-18-38-25-9-6-8-23(21-25)28(34)26-27(22-10-12-24(13-11-22)31(2,3)4)33(30(36)29(26)35)15-7-14-32-16-19-37-20-17-32/h6,8-13,21,27,34H,5,7,14-20H2,1-4H3. The van der Waals surface area contributed by atoms with E-state index in [2.05, 4.69) is 25.7 Å². The predicted octanol–water partition coefficient (Wildman–Crippen LogP) is 4.92. The van der Waals surface area contributed by atoms with Crippen LogP contribution in [0.4, 0.5) is 0 Å². The quantitative estimate of drug-likeness (QED) is 0.287. The maximum Gasteiger partial charge on any atom is 0.295 e. The fourth-order valence-electron chi connectivity index (χ4n) is 5.02. The van der Waals surface area contributed by atoms with Crippen LogP contribution in [-0.2, 0) is 19.7 Å².